The smallest absolute Gasteiger partial charge is 0.216 e. The van der Waals surface area contributed by atoms with Crippen molar-refractivity contribution < 1.29 is 8.98 Å². The number of nitrogens with zero attached hydrogens (tertiary/aromatic N) is 2. The van der Waals surface area contributed by atoms with Crippen LogP contribution in [0.2, 0.25) is 0 Å². The van der Waals surface area contributed by atoms with Crippen molar-refractivity contribution in [2.24, 2.45) is 13.0 Å². The Hall–Kier alpha value is -3.12. The quantitative estimate of drug-likeness (QED) is 0.365. The Bertz CT molecular complexity index is 1300. The van der Waals surface area contributed by atoms with Crippen molar-refractivity contribution in [3.63, 3.8) is 0 Å². The molecule has 0 N–H and O–H groups in total. The summed E-state index contributed by atoms with van der Waals surface area (Å²) >= 11 is 0. The van der Waals surface area contributed by atoms with E-state index in [-0.39, 0.29) is 0 Å². The number of aromatic nitrogens is 1. The second-order valence-electron chi connectivity index (χ2n) is 9.00. The van der Waals surface area contributed by atoms with Gasteiger partial charge in [-0.2, -0.15) is 5.26 Å². The lowest BCUT2D eigenvalue weighted by molar-refractivity contribution is -0.660. The molecule has 3 heteroatoms. The normalized spacial score (nSPS) is 11.7. The number of hydrogen-bond acceptors (Lipinski definition) is 2. The summed E-state index contributed by atoms with van der Waals surface area (Å²) in [5.74, 6) is 0.790. The van der Waals surface area contributed by atoms with Crippen LogP contribution in [0.4, 0.5) is 0 Å². The molecule has 0 aliphatic rings. The monoisotopic (exact) mass is 397 g/mol. The number of benzene rings is 2. The van der Waals surface area contributed by atoms with Crippen LogP contribution in [0, 0.1) is 24.2 Å². The molecule has 0 aliphatic carbocycles. The number of furan rings is 1. The van der Waals surface area contributed by atoms with E-state index in [1.807, 2.05) is 6.07 Å². The Morgan fingerprint density at radius 3 is 2.47 bits per heavy atom. The zero-order valence-electron chi connectivity index (χ0n) is 18.7. The van der Waals surface area contributed by atoms with E-state index in [0.717, 1.165) is 56.3 Å². The molecule has 4 aromatic rings. The molecule has 2 heterocycles. The van der Waals surface area contributed by atoms with E-state index >= 15 is 0 Å². The largest absolute Gasteiger partial charge is 0.455 e. The number of nitriles is 1. The number of pyridine rings is 1. The first-order valence-corrected chi connectivity index (χ1v) is 10.7. The molecule has 0 spiro atoms. The van der Waals surface area contributed by atoms with Crippen molar-refractivity contribution in [2.75, 3.05) is 0 Å². The summed E-state index contributed by atoms with van der Waals surface area (Å²) in [4.78, 5) is 0. The van der Waals surface area contributed by atoms with Gasteiger partial charge in [0.05, 0.1) is 11.1 Å². The van der Waals surface area contributed by atoms with E-state index in [4.69, 9.17) is 4.42 Å². The molecular formula is C27H29N2O+. The van der Waals surface area contributed by atoms with Crippen LogP contribution in [0.25, 0.3) is 33.2 Å². The highest BCUT2D eigenvalue weighted by Gasteiger charge is 2.25. The van der Waals surface area contributed by atoms with Crippen LogP contribution in [0.3, 0.4) is 0 Å². The van der Waals surface area contributed by atoms with E-state index in [9.17, 15) is 5.26 Å². The van der Waals surface area contributed by atoms with Crippen molar-refractivity contribution in [1.29, 1.82) is 5.26 Å². The molecule has 0 aliphatic heterocycles. The molecule has 152 valence electrons. The van der Waals surface area contributed by atoms with Crippen LogP contribution in [-0.2, 0) is 13.5 Å². The van der Waals surface area contributed by atoms with Gasteiger partial charge in [0.1, 0.15) is 24.3 Å². The van der Waals surface area contributed by atoms with Gasteiger partial charge < -0.3 is 4.42 Å². The minimum absolute atomic E-state index is 0.309. The lowest BCUT2D eigenvalue weighted by Crippen LogP contribution is -2.30. The Morgan fingerprint density at radius 2 is 1.83 bits per heavy atom. The summed E-state index contributed by atoms with van der Waals surface area (Å²) < 4.78 is 8.72. The number of fused-ring (bicyclic) bond motifs is 3. The lowest BCUT2D eigenvalue weighted by Gasteiger charge is -2.13. The van der Waals surface area contributed by atoms with Gasteiger partial charge in [-0.25, -0.2) is 4.57 Å². The molecule has 0 amide bonds. The topological polar surface area (TPSA) is 40.8 Å². The zero-order valence-corrected chi connectivity index (χ0v) is 18.7. The maximum Gasteiger partial charge on any atom is 0.216 e. The lowest BCUT2D eigenvalue weighted by atomic mass is 9.89. The van der Waals surface area contributed by atoms with Gasteiger partial charge in [-0.3, -0.25) is 0 Å². The van der Waals surface area contributed by atoms with Crippen LogP contribution in [0.15, 0.2) is 47.0 Å². The summed E-state index contributed by atoms with van der Waals surface area (Å²) in [5.41, 5.74) is 8.14. The van der Waals surface area contributed by atoms with E-state index in [0.29, 0.717) is 11.8 Å². The third kappa shape index (κ3) is 3.17. The Morgan fingerprint density at radius 1 is 1.07 bits per heavy atom. The summed E-state index contributed by atoms with van der Waals surface area (Å²) in [6, 6.07) is 15.2. The van der Waals surface area contributed by atoms with E-state index in [1.165, 1.54) is 5.56 Å². The average Bonchev–Trinajstić information content (AvgIpc) is 3.07. The van der Waals surface area contributed by atoms with E-state index < -0.39 is 0 Å². The number of hydrogen-bond donors (Lipinski definition) is 0. The molecule has 4 rings (SSSR count). The first-order valence-electron chi connectivity index (χ1n) is 10.7. The second-order valence-corrected chi connectivity index (χ2v) is 9.00. The first kappa shape index (κ1) is 20.2. The molecule has 3 nitrogen and oxygen atoms in total. The highest BCUT2D eigenvalue weighted by atomic mass is 16.3. The van der Waals surface area contributed by atoms with Crippen molar-refractivity contribution in [2.45, 2.75) is 47.0 Å². The molecule has 0 bridgehead atoms. The van der Waals surface area contributed by atoms with Gasteiger partial charge in [0.2, 0.25) is 5.69 Å². The summed E-state index contributed by atoms with van der Waals surface area (Å²) in [6.45, 7) is 10.9. The maximum atomic E-state index is 10.1. The predicted molar refractivity (Wildman–Crippen MR) is 122 cm³/mol. The third-order valence-corrected chi connectivity index (χ3v) is 5.90. The fourth-order valence-corrected chi connectivity index (χ4v) is 4.46. The molecule has 0 unspecified atom stereocenters. The van der Waals surface area contributed by atoms with Crippen LogP contribution in [0.1, 0.15) is 55.9 Å². The van der Waals surface area contributed by atoms with Crippen molar-refractivity contribution in [3.8, 4) is 17.3 Å². The van der Waals surface area contributed by atoms with Crippen molar-refractivity contribution in [3.05, 3.63) is 64.8 Å². The number of rotatable bonds is 4. The molecular weight excluding hydrogens is 368 g/mol. The van der Waals surface area contributed by atoms with Gasteiger partial charge in [-0.15, -0.1) is 0 Å². The van der Waals surface area contributed by atoms with Crippen LogP contribution in [-0.4, -0.2) is 0 Å². The minimum atomic E-state index is 0.309. The highest BCUT2D eigenvalue weighted by molar-refractivity contribution is 6.13. The fraction of sp³-hybridized carbons (Fsp3) is 0.333. The fourth-order valence-electron chi connectivity index (χ4n) is 4.46. The summed E-state index contributed by atoms with van der Waals surface area (Å²) in [6.07, 6.45) is 2.94. The predicted octanol–water partition coefficient (Wildman–Crippen LogP) is 6.58. The second kappa shape index (κ2) is 7.61. The zero-order chi connectivity index (χ0) is 21.6. The van der Waals surface area contributed by atoms with E-state index in [2.05, 4.69) is 88.8 Å². The van der Waals surface area contributed by atoms with Crippen molar-refractivity contribution >= 4 is 21.9 Å². The molecule has 30 heavy (non-hydrogen) atoms. The Balaban J connectivity index is 2.19. The number of aryl methyl sites for hydroxylation is 2. The molecule has 2 aromatic heterocycles. The van der Waals surface area contributed by atoms with E-state index in [1.54, 1.807) is 0 Å². The van der Waals surface area contributed by atoms with Gasteiger partial charge in [0.15, 0.2) is 6.20 Å². The van der Waals surface area contributed by atoms with Crippen LogP contribution < -0.4 is 4.57 Å². The first-order chi connectivity index (χ1) is 14.3. The summed E-state index contributed by atoms with van der Waals surface area (Å²) in [7, 11) is 2.05. The molecule has 0 atom stereocenters. The van der Waals surface area contributed by atoms with Gasteiger partial charge in [0, 0.05) is 22.9 Å². The summed E-state index contributed by atoms with van der Waals surface area (Å²) in [5, 5.41) is 12.1. The van der Waals surface area contributed by atoms with Crippen LogP contribution >= 0.6 is 0 Å². The highest BCUT2D eigenvalue weighted by Crippen LogP contribution is 2.42. The minimum Gasteiger partial charge on any atom is -0.455 e. The maximum absolute atomic E-state index is 10.1. The molecule has 2 aromatic carbocycles. The van der Waals surface area contributed by atoms with Gasteiger partial charge >= 0.3 is 0 Å². The van der Waals surface area contributed by atoms with Crippen LogP contribution in [0.5, 0.6) is 0 Å². The molecule has 0 saturated heterocycles. The van der Waals surface area contributed by atoms with Gasteiger partial charge in [0.25, 0.3) is 0 Å². The van der Waals surface area contributed by atoms with Crippen molar-refractivity contribution in [1.82, 2.24) is 0 Å². The van der Waals surface area contributed by atoms with Gasteiger partial charge in [-0.1, -0.05) is 45.9 Å². The SMILES string of the molecule is Cc1ccc2c(oc3c(C(C)C)cc(CC(C)C)c(C#N)c32)c1-c1cccc[n+]1C. The average molecular weight is 398 g/mol. The standard InChI is InChI=1S/C27H29N2O/c1-16(2)13-19-14-21(17(3)4)27-25(22(19)15-28)20-11-10-18(5)24(26(20)30-27)23-9-7-8-12-29(23)6/h7-12,14,16-17H,13H2,1-6H3/q+1. The Kier molecular flexibility index (Phi) is 5.12. The molecule has 0 fully saturated rings. The third-order valence-electron chi connectivity index (χ3n) is 5.90. The molecule has 0 radical (unpaired) electrons. The molecule has 0 saturated carbocycles. The van der Waals surface area contributed by atoms with Gasteiger partial charge in [-0.05, 0) is 47.9 Å². The Labute approximate surface area is 178 Å².